The summed E-state index contributed by atoms with van der Waals surface area (Å²) in [6.45, 7) is 0.639. The van der Waals surface area contributed by atoms with Crippen molar-refractivity contribution in [1.82, 2.24) is 4.98 Å². The molecule has 7 N–H and O–H groups in total. The van der Waals surface area contributed by atoms with Gasteiger partial charge in [0.25, 0.3) is 0 Å². The van der Waals surface area contributed by atoms with Gasteiger partial charge in [0.2, 0.25) is 0 Å². The van der Waals surface area contributed by atoms with Crippen LogP contribution in [0.1, 0.15) is 5.69 Å². The lowest BCUT2D eigenvalue weighted by molar-refractivity contribution is -0.134. The number of thiazole rings is 1. The van der Waals surface area contributed by atoms with E-state index < -0.39 is 23.9 Å². The van der Waals surface area contributed by atoms with E-state index in [0.717, 1.165) is 27.4 Å². The quantitative estimate of drug-likeness (QED) is 0.274. The van der Waals surface area contributed by atoms with Crippen LogP contribution in [0.2, 0.25) is 0 Å². The monoisotopic (exact) mass is 529 g/mol. The highest BCUT2D eigenvalue weighted by atomic mass is 79.9. The number of aliphatic carboxylic acids is 4. The molecule has 13 heteroatoms. The van der Waals surface area contributed by atoms with Gasteiger partial charge in [-0.2, -0.15) is 0 Å². The van der Waals surface area contributed by atoms with Gasteiger partial charge in [0, 0.05) is 46.3 Å². The van der Waals surface area contributed by atoms with E-state index in [1.165, 1.54) is 0 Å². The zero-order chi connectivity index (χ0) is 24.5. The van der Waals surface area contributed by atoms with Crippen LogP contribution in [0.3, 0.4) is 0 Å². The first-order chi connectivity index (χ1) is 15.0. The van der Waals surface area contributed by atoms with Crippen molar-refractivity contribution in [2.24, 2.45) is 5.73 Å². The molecule has 1 heterocycles. The Bertz CT molecular complexity index is 909. The van der Waals surface area contributed by atoms with E-state index in [9.17, 15) is 19.2 Å². The highest BCUT2D eigenvalue weighted by Gasteiger charge is 2.01. The number of anilines is 2. The fourth-order valence-corrected chi connectivity index (χ4v) is 2.77. The summed E-state index contributed by atoms with van der Waals surface area (Å²) >= 11 is 5.03. The number of hydrogen-bond acceptors (Lipinski definition) is 8. The number of carboxylic acid groups (broad SMARTS) is 4. The van der Waals surface area contributed by atoms with Crippen LogP contribution >= 0.6 is 27.3 Å². The Morgan fingerprint density at radius 3 is 1.88 bits per heavy atom. The molecule has 0 radical (unpaired) electrons. The van der Waals surface area contributed by atoms with Crippen molar-refractivity contribution in [3.63, 3.8) is 0 Å². The van der Waals surface area contributed by atoms with Crippen molar-refractivity contribution in [3.8, 4) is 0 Å². The van der Waals surface area contributed by atoms with Crippen LogP contribution in [-0.4, -0.2) is 55.8 Å². The Morgan fingerprint density at radius 2 is 1.47 bits per heavy atom. The highest BCUT2D eigenvalue weighted by Crippen LogP contribution is 2.23. The normalized spacial score (nSPS) is 9.94. The molecule has 0 atom stereocenters. The molecular formula is C19H20BrN3O8S. The Labute approximate surface area is 194 Å². The number of hydrogen-bond donors (Lipinski definition) is 6. The molecule has 0 aliphatic carbocycles. The van der Waals surface area contributed by atoms with Crippen molar-refractivity contribution >= 4 is 62.0 Å². The van der Waals surface area contributed by atoms with Crippen LogP contribution in [-0.2, 0) is 25.6 Å². The molecular weight excluding hydrogens is 510 g/mol. The first kappa shape index (κ1) is 28.5. The summed E-state index contributed by atoms with van der Waals surface area (Å²) < 4.78 is 1.05. The van der Waals surface area contributed by atoms with E-state index in [-0.39, 0.29) is 0 Å². The molecule has 0 fully saturated rings. The molecule has 0 unspecified atom stereocenters. The number of aromatic nitrogens is 1. The molecule has 0 aliphatic heterocycles. The molecule has 0 spiro atoms. The number of nitrogens with zero attached hydrogens (tertiary/aromatic N) is 1. The van der Waals surface area contributed by atoms with Crippen LogP contribution in [0.4, 0.5) is 10.8 Å². The number of rotatable bonds is 8. The van der Waals surface area contributed by atoms with E-state index in [1.54, 1.807) is 11.3 Å². The van der Waals surface area contributed by atoms with Crippen molar-refractivity contribution in [1.29, 1.82) is 0 Å². The predicted octanol–water partition coefficient (Wildman–Crippen LogP) is 2.57. The first-order valence-electron chi connectivity index (χ1n) is 8.48. The standard InChI is InChI=1S/C11H12BrN3S.2C4H4O4/c12-8-2-1-3-9(6-8)14-11-15-10(4-5-13)7-16-11;2*5-3(6)1-2-4(7)8/h1-3,6-7H,4-5,13H2,(H,14,15);2*1-2H,(H,5,6)(H,7,8)/b;2*2-1-. The molecule has 0 bridgehead atoms. The number of nitrogens with two attached hydrogens (primary N) is 1. The maximum atomic E-state index is 9.55. The van der Waals surface area contributed by atoms with Crippen LogP contribution < -0.4 is 11.1 Å². The summed E-state index contributed by atoms with van der Waals surface area (Å²) in [5.74, 6) is -5.03. The summed E-state index contributed by atoms with van der Waals surface area (Å²) in [7, 11) is 0. The Balaban J connectivity index is 0.000000510. The predicted molar refractivity (Wildman–Crippen MR) is 121 cm³/mol. The minimum Gasteiger partial charge on any atom is -0.478 e. The fourth-order valence-electron chi connectivity index (χ4n) is 1.60. The fraction of sp³-hybridized carbons (Fsp3) is 0.105. The molecule has 0 amide bonds. The number of carboxylic acids is 4. The molecule has 32 heavy (non-hydrogen) atoms. The maximum absolute atomic E-state index is 9.55. The van der Waals surface area contributed by atoms with Gasteiger partial charge in [-0.25, -0.2) is 24.2 Å². The number of benzene rings is 1. The minimum absolute atomic E-state index is 0.558. The second kappa shape index (κ2) is 16.2. The Morgan fingerprint density at radius 1 is 0.969 bits per heavy atom. The molecule has 1 aromatic carbocycles. The van der Waals surface area contributed by atoms with Crippen LogP contribution in [0.15, 0.2) is 58.4 Å². The van der Waals surface area contributed by atoms with Gasteiger partial charge in [-0.1, -0.05) is 22.0 Å². The average molecular weight is 530 g/mol. The van der Waals surface area contributed by atoms with Gasteiger partial charge in [0.1, 0.15) is 0 Å². The third-order valence-corrected chi connectivity index (χ3v) is 4.06. The number of halogens is 1. The Hall–Kier alpha value is -3.55. The second-order valence-corrected chi connectivity index (χ2v) is 7.11. The van der Waals surface area contributed by atoms with Gasteiger partial charge in [0.05, 0.1) is 5.69 Å². The summed E-state index contributed by atoms with van der Waals surface area (Å²) in [6.07, 6.45) is 3.06. The van der Waals surface area contributed by atoms with E-state index in [1.807, 2.05) is 29.6 Å². The molecule has 1 aromatic heterocycles. The van der Waals surface area contributed by atoms with Crippen molar-refractivity contribution in [3.05, 3.63) is 64.1 Å². The molecule has 11 nitrogen and oxygen atoms in total. The molecule has 0 saturated carbocycles. The van der Waals surface area contributed by atoms with Gasteiger partial charge in [0.15, 0.2) is 5.13 Å². The topological polar surface area (TPSA) is 200 Å². The lowest BCUT2D eigenvalue weighted by atomic mass is 10.3. The summed E-state index contributed by atoms with van der Waals surface area (Å²) in [6, 6.07) is 8.01. The number of nitrogens with one attached hydrogen (secondary N) is 1. The third kappa shape index (κ3) is 16.3. The molecule has 2 aromatic rings. The molecule has 172 valence electrons. The lowest BCUT2D eigenvalue weighted by Gasteiger charge is -2.02. The highest BCUT2D eigenvalue weighted by molar-refractivity contribution is 9.10. The van der Waals surface area contributed by atoms with Gasteiger partial charge in [-0.05, 0) is 24.7 Å². The first-order valence-corrected chi connectivity index (χ1v) is 10.2. The van der Waals surface area contributed by atoms with Gasteiger partial charge in [-0.3, -0.25) is 0 Å². The van der Waals surface area contributed by atoms with Crippen molar-refractivity contribution in [2.75, 3.05) is 11.9 Å². The summed E-state index contributed by atoms with van der Waals surface area (Å²) in [5.41, 5.74) is 7.56. The zero-order valence-electron chi connectivity index (χ0n) is 16.3. The molecule has 0 aliphatic rings. The smallest absolute Gasteiger partial charge is 0.328 e. The van der Waals surface area contributed by atoms with Crippen LogP contribution in [0.5, 0.6) is 0 Å². The van der Waals surface area contributed by atoms with E-state index >= 15 is 0 Å². The van der Waals surface area contributed by atoms with Gasteiger partial charge in [-0.15, -0.1) is 11.3 Å². The van der Waals surface area contributed by atoms with E-state index in [0.29, 0.717) is 30.8 Å². The lowest BCUT2D eigenvalue weighted by Crippen LogP contribution is -2.02. The van der Waals surface area contributed by atoms with Crippen molar-refractivity contribution in [2.45, 2.75) is 6.42 Å². The SMILES string of the molecule is NCCc1csc(Nc2cccc(Br)c2)n1.O=C(O)/C=C\C(=O)O.O=C(O)/C=C\C(=O)O. The van der Waals surface area contributed by atoms with Crippen molar-refractivity contribution < 1.29 is 39.6 Å². The second-order valence-electron chi connectivity index (χ2n) is 5.34. The van der Waals surface area contributed by atoms with Crippen LogP contribution in [0.25, 0.3) is 0 Å². The largest absolute Gasteiger partial charge is 0.478 e. The summed E-state index contributed by atoms with van der Waals surface area (Å²) in [5, 5.41) is 37.4. The third-order valence-electron chi connectivity index (χ3n) is 2.77. The average Bonchev–Trinajstić information content (AvgIpc) is 3.13. The maximum Gasteiger partial charge on any atom is 0.328 e. The van der Waals surface area contributed by atoms with Gasteiger partial charge < -0.3 is 31.5 Å². The van der Waals surface area contributed by atoms with E-state index in [4.69, 9.17) is 26.2 Å². The summed E-state index contributed by atoms with van der Waals surface area (Å²) in [4.78, 5) is 42.7. The van der Waals surface area contributed by atoms with Gasteiger partial charge >= 0.3 is 23.9 Å². The molecule has 0 saturated heterocycles. The zero-order valence-corrected chi connectivity index (χ0v) is 18.7. The Kier molecular flexibility index (Phi) is 14.4. The van der Waals surface area contributed by atoms with E-state index in [2.05, 4.69) is 26.2 Å². The number of carbonyl (C=O) groups is 4. The molecule has 2 rings (SSSR count). The van der Waals surface area contributed by atoms with Crippen LogP contribution in [0, 0.1) is 0 Å². The minimum atomic E-state index is -1.26.